The molecule has 0 bridgehead atoms. The van der Waals surface area contributed by atoms with Gasteiger partial charge in [0, 0.05) is 5.69 Å². The largest absolute Gasteiger partial charge is 0.325 e. The number of hydrogen-bond donors (Lipinski definition) is 2. The molecule has 3 nitrogen and oxygen atoms in total. The summed E-state index contributed by atoms with van der Waals surface area (Å²) >= 11 is 0. The summed E-state index contributed by atoms with van der Waals surface area (Å²) < 4.78 is 12.8. The van der Waals surface area contributed by atoms with Gasteiger partial charge in [0.2, 0.25) is 5.91 Å². The smallest absolute Gasteiger partial charge is 0.238 e. The molecule has 0 atom stereocenters. The zero-order valence-corrected chi connectivity index (χ0v) is 12.9. The first kappa shape index (κ1) is 16.2. The minimum atomic E-state index is -0.232. The second-order valence-corrected chi connectivity index (χ2v) is 5.35. The van der Waals surface area contributed by atoms with Crippen LogP contribution in [0, 0.1) is 19.7 Å². The van der Waals surface area contributed by atoms with Gasteiger partial charge >= 0.3 is 0 Å². The van der Waals surface area contributed by atoms with E-state index in [1.54, 1.807) is 12.1 Å². The lowest BCUT2D eigenvalue weighted by Crippen LogP contribution is -2.29. The van der Waals surface area contributed by atoms with Crippen LogP contribution in [0.25, 0.3) is 0 Å². The van der Waals surface area contributed by atoms with Gasteiger partial charge in [-0.2, -0.15) is 0 Å². The molecule has 0 aromatic heterocycles. The number of benzene rings is 2. The van der Waals surface area contributed by atoms with E-state index in [1.165, 1.54) is 12.1 Å². The van der Waals surface area contributed by atoms with E-state index in [4.69, 9.17) is 0 Å². The SMILES string of the molecule is Cc1cccc(NC(=O)CNCCc2ccc(F)cc2)c1C. The van der Waals surface area contributed by atoms with Gasteiger partial charge in [0.1, 0.15) is 5.82 Å². The van der Waals surface area contributed by atoms with E-state index in [1.807, 2.05) is 32.0 Å². The third kappa shape index (κ3) is 4.67. The van der Waals surface area contributed by atoms with Crippen LogP contribution in [0.4, 0.5) is 10.1 Å². The van der Waals surface area contributed by atoms with Crippen molar-refractivity contribution in [3.63, 3.8) is 0 Å². The first-order chi connectivity index (χ1) is 10.6. The van der Waals surface area contributed by atoms with E-state index in [-0.39, 0.29) is 18.3 Å². The number of halogens is 1. The maximum atomic E-state index is 12.8. The Balaban J connectivity index is 1.74. The van der Waals surface area contributed by atoms with Gasteiger partial charge in [0.05, 0.1) is 6.54 Å². The number of aryl methyl sites for hydroxylation is 1. The molecule has 22 heavy (non-hydrogen) atoms. The Labute approximate surface area is 130 Å². The summed E-state index contributed by atoms with van der Waals surface area (Å²) in [5.74, 6) is -0.294. The van der Waals surface area contributed by atoms with Gasteiger partial charge in [-0.05, 0) is 61.7 Å². The van der Waals surface area contributed by atoms with Crippen LogP contribution in [-0.4, -0.2) is 19.0 Å². The predicted molar refractivity (Wildman–Crippen MR) is 87.5 cm³/mol. The number of carbonyl (C=O) groups excluding carboxylic acids is 1. The van der Waals surface area contributed by atoms with Gasteiger partial charge in [0.15, 0.2) is 0 Å². The Morgan fingerprint density at radius 2 is 1.82 bits per heavy atom. The summed E-state index contributed by atoms with van der Waals surface area (Å²) in [6, 6.07) is 12.3. The molecule has 2 aromatic carbocycles. The van der Waals surface area contributed by atoms with Crippen molar-refractivity contribution >= 4 is 11.6 Å². The van der Waals surface area contributed by atoms with Crippen molar-refractivity contribution in [2.75, 3.05) is 18.4 Å². The number of anilines is 1. The Morgan fingerprint density at radius 1 is 1.09 bits per heavy atom. The normalized spacial score (nSPS) is 10.5. The Kier molecular flexibility index (Phi) is 5.67. The highest BCUT2D eigenvalue weighted by molar-refractivity contribution is 5.93. The molecular weight excluding hydrogens is 279 g/mol. The Hall–Kier alpha value is -2.20. The molecule has 0 radical (unpaired) electrons. The molecule has 1 amide bonds. The molecule has 0 fully saturated rings. The third-order valence-electron chi connectivity index (χ3n) is 3.67. The molecule has 0 aliphatic heterocycles. The summed E-state index contributed by atoms with van der Waals surface area (Å²) in [7, 11) is 0. The van der Waals surface area contributed by atoms with Crippen LogP contribution < -0.4 is 10.6 Å². The quantitative estimate of drug-likeness (QED) is 0.804. The van der Waals surface area contributed by atoms with Crippen LogP contribution in [0.1, 0.15) is 16.7 Å². The van der Waals surface area contributed by atoms with Gasteiger partial charge in [-0.3, -0.25) is 4.79 Å². The maximum Gasteiger partial charge on any atom is 0.238 e. The molecule has 116 valence electrons. The second-order valence-electron chi connectivity index (χ2n) is 5.35. The predicted octanol–water partition coefficient (Wildman–Crippen LogP) is 3.21. The number of rotatable bonds is 6. The molecule has 0 saturated heterocycles. The van der Waals surface area contributed by atoms with Crippen molar-refractivity contribution in [1.29, 1.82) is 0 Å². The van der Waals surface area contributed by atoms with Crippen molar-refractivity contribution in [2.24, 2.45) is 0 Å². The first-order valence-corrected chi connectivity index (χ1v) is 7.37. The number of hydrogen-bond acceptors (Lipinski definition) is 2. The van der Waals surface area contributed by atoms with Crippen LogP contribution in [-0.2, 0) is 11.2 Å². The fourth-order valence-electron chi connectivity index (χ4n) is 2.17. The fourth-order valence-corrected chi connectivity index (χ4v) is 2.17. The van der Waals surface area contributed by atoms with E-state index in [0.717, 1.165) is 28.8 Å². The van der Waals surface area contributed by atoms with Gasteiger partial charge in [-0.25, -0.2) is 4.39 Å². The van der Waals surface area contributed by atoms with Crippen molar-refractivity contribution < 1.29 is 9.18 Å². The summed E-state index contributed by atoms with van der Waals surface area (Å²) in [6.45, 7) is 4.94. The van der Waals surface area contributed by atoms with Gasteiger partial charge in [0.25, 0.3) is 0 Å². The fraction of sp³-hybridized carbons (Fsp3) is 0.278. The lowest BCUT2D eigenvalue weighted by molar-refractivity contribution is -0.115. The molecule has 2 N–H and O–H groups in total. The summed E-state index contributed by atoms with van der Waals surface area (Å²) in [5.41, 5.74) is 4.14. The topological polar surface area (TPSA) is 41.1 Å². The summed E-state index contributed by atoms with van der Waals surface area (Å²) in [4.78, 5) is 11.9. The molecule has 0 spiro atoms. The molecule has 2 aromatic rings. The molecule has 4 heteroatoms. The minimum Gasteiger partial charge on any atom is -0.325 e. The van der Waals surface area contributed by atoms with Crippen LogP contribution in [0.2, 0.25) is 0 Å². The number of nitrogens with one attached hydrogen (secondary N) is 2. The maximum absolute atomic E-state index is 12.8. The molecule has 0 saturated carbocycles. The average molecular weight is 300 g/mol. The molecule has 0 heterocycles. The van der Waals surface area contributed by atoms with Crippen LogP contribution in [0.3, 0.4) is 0 Å². The van der Waals surface area contributed by atoms with Crippen molar-refractivity contribution in [3.8, 4) is 0 Å². The van der Waals surface area contributed by atoms with E-state index in [0.29, 0.717) is 6.54 Å². The summed E-state index contributed by atoms with van der Waals surface area (Å²) in [5, 5.41) is 6.00. The van der Waals surface area contributed by atoms with E-state index in [2.05, 4.69) is 10.6 Å². The standard InChI is InChI=1S/C18H21FN2O/c1-13-4-3-5-17(14(13)2)21-18(22)12-20-11-10-15-6-8-16(19)9-7-15/h3-9,20H,10-12H2,1-2H3,(H,21,22). The summed E-state index contributed by atoms with van der Waals surface area (Å²) in [6.07, 6.45) is 0.761. The van der Waals surface area contributed by atoms with E-state index in [9.17, 15) is 9.18 Å². The molecule has 0 unspecified atom stereocenters. The number of carbonyl (C=O) groups is 1. The van der Waals surface area contributed by atoms with Crippen molar-refractivity contribution in [2.45, 2.75) is 20.3 Å². The first-order valence-electron chi connectivity index (χ1n) is 7.37. The van der Waals surface area contributed by atoms with E-state index >= 15 is 0 Å². The lowest BCUT2D eigenvalue weighted by atomic mass is 10.1. The second kappa shape index (κ2) is 7.71. The van der Waals surface area contributed by atoms with Crippen molar-refractivity contribution in [1.82, 2.24) is 5.32 Å². The minimum absolute atomic E-state index is 0.0622. The van der Waals surface area contributed by atoms with Crippen LogP contribution in [0.5, 0.6) is 0 Å². The number of amides is 1. The Bertz CT molecular complexity index is 638. The Morgan fingerprint density at radius 3 is 2.55 bits per heavy atom. The molecule has 0 aliphatic rings. The highest BCUT2D eigenvalue weighted by atomic mass is 19.1. The average Bonchev–Trinajstić information content (AvgIpc) is 2.50. The van der Waals surface area contributed by atoms with Gasteiger partial charge < -0.3 is 10.6 Å². The van der Waals surface area contributed by atoms with E-state index < -0.39 is 0 Å². The van der Waals surface area contributed by atoms with Gasteiger partial charge in [-0.15, -0.1) is 0 Å². The highest BCUT2D eigenvalue weighted by Gasteiger charge is 2.05. The lowest BCUT2D eigenvalue weighted by Gasteiger charge is -2.11. The molecule has 2 rings (SSSR count). The zero-order chi connectivity index (χ0) is 15.9. The monoisotopic (exact) mass is 300 g/mol. The van der Waals surface area contributed by atoms with Crippen LogP contribution >= 0.6 is 0 Å². The highest BCUT2D eigenvalue weighted by Crippen LogP contribution is 2.17. The van der Waals surface area contributed by atoms with Crippen molar-refractivity contribution in [3.05, 3.63) is 65.0 Å². The molecular formula is C18H21FN2O. The van der Waals surface area contributed by atoms with Crippen LogP contribution in [0.15, 0.2) is 42.5 Å². The third-order valence-corrected chi connectivity index (χ3v) is 3.67. The zero-order valence-electron chi connectivity index (χ0n) is 12.9. The molecule has 0 aliphatic carbocycles. The van der Waals surface area contributed by atoms with Gasteiger partial charge in [-0.1, -0.05) is 24.3 Å².